The van der Waals surface area contributed by atoms with Gasteiger partial charge in [0.15, 0.2) is 4.34 Å². The number of nitrogens with one attached hydrogen (secondary N) is 1. The van der Waals surface area contributed by atoms with E-state index in [1.807, 2.05) is 42.5 Å². The third-order valence-corrected chi connectivity index (χ3v) is 4.55. The molecular weight excluding hydrogens is 328 g/mol. The number of benzene rings is 1. The lowest BCUT2D eigenvalue weighted by molar-refractivity contribution is -0.111. The molecule has 0 aliphatic rings. The van der Waals surface area contributed by atoms with Gasteiger partial charge >= 0.3 is 0 Å². The van der Waals surface area contributed by atoms with Crippen LogP contribution in [0.25, 0.3) is 6.08 Å². The van der Waals surface area contributed by atoms with Gasteiger partial charge in [-0.05, 0) is 42.5 Å². The molecule has 1 amide bonds. The zero-order valence-electron chi connectivity index (χ0n) is 11.9. The van der Waals surface area contributed by atoms with Crippen molar-refractivity contribution in [2.45, 2.75) is 9.24 Å². The molecule has 114 valence electrons. The van der Waals surface area contributed by atoms with Crippen LogP contribution in [0.1, 0.15) is 5.69 Å². The highest BCUT2D eigenvalue weighted by molar-refractivity contribution is 8.01. The predicted octanol–water partition coefficient (Wildman–Crippen LogP) is 3.74. The van der Waals surface area contributed by atoms with E-state index in [-0.39, 0.29) is 5.91 Å². The molecule has 0 saturated carbocycles. The Morgan fingerprint density at radius 1 is 1.17 bits per heavy atom. The second-order valence-corrected chi connectivity index (χ2v) is 6.56. The normalized spacial score (nSPS) is 10.8. The Labute approximate surface area is 141 Å². The minimum absolute atomic E-state index is 0.194. The number of hydrogen-bond donors (Lipinski definition) is 1. The summed E-state index contributed by atoms with van der Waals surface area (Å²) < 4.78 is 0.889. The van der Waals surface area contributed by atoms with E-state index in [0.29, 0.717) is 0 Å². The van der Waals surface area contributed by atoms with Crippen LogP contribution in [0.15, 0.2) is 69.5 Å². The lowest BCUT2D eigenvalue weighted by Gasteiger charge is -2.03. The van der Waals surface area contributed by atoms with Crippen molar-refractivity contribution >= 4 is 40.8 Å². The van der Waals surface area contributed by atoms with Crippen molar-refractivity contribution in [2.75, 3.05) is 5.32 Å². The number of pyridine rings is 1. The monoisotopic (exact) mass is 340 g/mol. The van der Waals surface area contributed by atoms with E-state index in [1.165, 1.54) is 29.2 Å². The molecule has 1 aromatic carbocycles. The lowest BCUT2D eigenvalue weighted by Crippen LogP contribution is -2.07. The van der Waals surface area contributed by atoms with Crippen molar-refractivity contribution in [1.82, 2.24) is 15.2 Å². The van der Waals surface area contributed by atoms with Crippen LogP contribution in [0.5, 0.6) is 0 Å². The number of amides is 1. The Morgan fingerprint density at radius 3 is 2.74 bits per heavy atom. The highest BCUT2D eigenvalue weighted by Gasteiger charge is 2.02. The van der Waals surface area contributed by atoms with E-state index in [2.05, 4.69) is 20.5 Å². The van der Waals surface area contributed by atoms with E-state index in [9.17, 15) is 4.79 Å². The van der Waals surface area contributed by atoms with E-state index in [0.717, 1.165) is 20.6 Å². The van der Waals surface area contributed by atoms with Gasteiger partial charge in [-0.3, -0.25) is 9.78 Å². The van der Waals surface area contributed by atoms with Gasteiger partial charge in [-0.25, -0.2) is 0 Å². The number of rotatable bonds is 5. The summed E-state index contributed by atoms with van der Waals surface area (Å²) in [5.41, 5.74) is 3.18. The maximum Gasteiger partial charge on any atom is 0.248 e. The van der Waals surface area contributed by atoms with Crippen LogP contribution in [-0.2, 0) is 4.79 Å². The number of hydrogen-bond acceptors (Lipinski definition) is 6. The highest BCUT2D eigenvalue weighted by atomic mass is 32.2. The molecule has 0 saturated heterocycles. The molecule has 23 heavy (non-hydrogen) atoms. The minimum Gasteiger partial charge on any atom is -0.323 e. The van der Waals surface area contributed by atoms with Crippen LogP contribution >= 0.6 is 23.1 Å². The molecule has 3 rings (SSSR count). The summed E-state index contributed by atoms with van der Waals surface area (Å²) in [5, 5.41) is 10.6. The zero-order valence-corrected chi connectivity index (χ0v) is 13.6. The van der Waals surface area contributed by atoms with Gasteiger partial charge in [-0.2, -0.15) is 0 Å². The van der Waals surface area contributed by atoms with Gasteiger partial charge in [0, 0.05) is 22.9 Å². The largest absolute Gasteiger partial charge is 0.323 e. The molecule has 7 heteroatoms. The number of nitrogens with zero attached hydrogens (tertiary/aromatic N) is 3. The predicted molar refractivity (Wildman–Crippen MR) is 92.4 cm³/mol. The van der Waals surface area contributed by atoms with Crippen LogP contribution in [0, 0.1) is 0 Å². The summed E-state index contributed by atoms with van der Waals surface area (Å²) in [4.78, 5) is 17.0. The maximum absolute atomic E-state index is 11.9. The number of carbonyl (C=O) groups excluding carboxylic acids is 1. The highest BCUT2D eigenvalue weighted by Crippen LogP contribution is 2.29. The standard InChI is InChI=1S/C16H12N4OS2/c21-15(9-6-12-3-1-2-10-17-12)19-13-4-7-14(8-5-13)23-16-20-18-11-22-16/h1-11H,(H,19,21)/b9-6-. The van der Waals surface area contributed by atoms with Gasteiger partial charge in [0.2, 0.25) is 5.91 Å². The fraction of sp³-hybridized carbons (Fsp3) is 0. The van der Waals surface area contributed by atoms with Crippen molar-refractivity contribution in [2.24, 2.45) is 0 Å². The summed E-state index contributed by atoms with van der Waals surface area (Å²) in [5.74, 6) is -0.194. The smallest absolute Gasteiger partial charge is 0.248 e. The molecule has 2 aromatic heterocycles. The molecule has 0 spiro atoms. The first-order valence-corrected chi connectivity index (χ1v) is 8.43. The van der Waals surface area contributed by atoms with Crippen molar-refractivity contribution in [3.05, 3.63) is 65.9 Å². The quantitative estimate of drug-likeness (QED) is 0.717. The Morgan fingerprint density at radius 2 is 2.04 bits per heavy atom. The molecule has 0 aliphatic carbocycles. The van der Waals surface area contributed by atoms with E-state index >= 15 is 0 Å². The fourth-order valence-electron chi connectivity index (χ4n) is 1.73. The molecule has 5 nitrogen and oxygen atoms in total. The molecule has 0 fully saturated rings. The van der Waals surface area contributed by atoms with E-state index in [4.69, 9.17) is 0 Å². The van der Waals surface area contributed by atoms with Gasteiger partial charge in [-0.1, -0.05) is 29.2 Å². The van der Waals surface area contributed by atoms with Crippen LogP contribution in [-0.4, -0.2) is 21.1 Å². The van der Waals surface area contributed by atoms with Crippen molar-refractivity contribution < 1.29 is 4.79 Å². The molecular formula is C16H12N4OS2. The summed E-state index contributed by atoms with van der Waals surface area (Å²) in [7, 11) is 0. The number of anilines is 1. The number of carbonyl (C=O) groups is 1. The molecule has 0 unspecified atom stereocenters. The summed E-state index contributed by atoms with van der Waals surface area (Å²) in [6, 6.07) is 13.1. The first-order valence-electron chi connectivity index (χ1n) is 6.74. The van der Waals surface area contributed by atoms with Crippen molar-refractivity contribution in [3.63, 3.8) is 0 Å². The van der Waals surface area contributed by atoms with Gasteiger partial charge in [-0.15, -0.1) is 10.2 Å². The van der Waals surface area contributed by atoms with Gasteiger partial charge in [0.1, 0.15) is 5.51 Å². The van der Waals surface area contributed by atoms with Gasteiger partial charge in [0.25, 0.3) is 0 Å². The Balaban J connectivity index is 1.57. The molecule has 0 aliphatic heterocycles. The Kier molecular flexibility index (Phi) is 5.13. The van der Waals surface area contributed by atoms with Crippen LogP contribution in [0.2, 0.25) is 0 Å². The topological polar surface area (TPSA) is 67.8 Å². The van der Waals surface area contributed by atoms with Crippen molar-refractivity contribution in [3.8, 4) is 0 Å². The first kappa shape index (κ1) is 15.4. The van der Waals surface area contributed by atoms with E-state index < -0.39 is 0 Å². The zero-order chi connectivity index (χ0) is 15.9. The SMILES string of the molecule is O=C(/C=C\c1ccccn1)Nc1ccc(Sc2nncs2)cc1. The Hall–Kier alpha value is -2.51. The molecule has 2 heterocycles. The summed E-state index contributed by atoms with van der Waals surface area (Å²) in [6.07, 6.45) is 4.83. The minimum atomic E-state index is -0.194. The molecule has 0 bridgehead atoms. The molecule has 0 radical (unpaired) electrons. The van der Waals surface area contributed by atoms with E-state index in [1.54, 1.807) is 17.8 Å². The second kappa shape index (κ2) is 7.66. The second-order valence-electron chi connectivity index (χ2n) is 4.41. The van der Waals surface area contributed by atoms with Crippen LogP contribution in [0.4, 0.5) is 5.69 Å². The summed E-state index contributed by atoms with van der Waals surface area (Å²) in [6.45, 7) is 0. The van der Waals surface area contributed by atoms with Gasteiger partial charge in [0.05, 0.1) is 5.69 Å². The van der Waals surface area contributed by atoms with Crippen molar-refractivity contribution in [1.29, 1.82) is 0 Å². The maximum atomic E-state index is 11.9. The molecule has 0 atom stereocenters. The van der Waals surface area contributed by atoms with Gasteiger partial charge < -0.3 is 5.32 Å². The third kappa shape index (κ3) is 4.73. The molecule has 1 N–H and O–H groups in total. The first-order chi connectivity index (χ1) is 11.3. The Bertz CT molecular complexity index is 787. The van der Waals surface area contributed by atoms with Crippen LogP contribution < -0.4 is 5.32 Å². The lowest BCUT2D eigenvalue weighted by atomic mass is 10.3. The number of aromatic nitrogens is 3. The summed E-state index contributed by atoms with van der Waals surface area (Å²) >= 11 is 3.03. The van der Waals surface area contributed by atoms with Crippen LogP contribution in [0.3, 0.4) is 0 Å². The molecule has 3 aromatic rings. The average molecular weight is 340 g/mol. The fourth-order valence-corrected chi connectivity index (χ4v) is 3.18. The third-order valence-electron chi connectivity index (χ3n) is 2.76. The average Bonchev–Trinajstić information content (AvgIpc) is 3.09.